The summed E-state index contributed by atoms with van der Waals surface area (Å²) in [6, 6.07) is 17.6. The van der Waals surface area contributed by atoms with E-state index in [1.165, 1.54) is 10.9 Å². The van der Waals surface area contributed by atoms with Gasteiger partial charge in [0.2, 0.25) is 5.91 Å². The van der Waals surface area contributed by atoms with Gasteiger partial charge in [0, 0.05) is 23.5 Å². The lowest BCUT2D eigenvalue weighted by atomic mass is 10.1. The van der Waals surface area contributed by atoms with Gasteiger partial charge < -0.3 is 15.0 Å². The fourth-order valence-corrected chi connectivity index (χ4v) is 2.83. The Morgan fingerprint density at radius 1 is 1.00 bits per heavy atom. The summed E-state index contributed by atoms with van der Waals surface area (Å²) >= 11 is 0. The number of aryl methyl sites for hydroxylation is 1. The summed E-state index contributed by atoms with van der Waals surface area (Å²) in [6.07, 6.45) is 3.91. The number of nitrogens with one attached hydrogen (secondary N) is 2. The average molecular weight is 350 g/mol. The topological polar surface area (TPSA) is 71.2 Å². The van der Waals surface area contributed by atoms with Crippen molar-refractivity contribution < 1.29 is 14.3 Å². The molecule has 5 heteroatoms. The van der Waals surface area contributed by atoms with E-state index in [0.29, 0.717) is 6.42 Å². The van der Waals surface area contributed by atoms with Crippen molar-refractivity contribution in [3.8, 4) is 0 Å². The highest BCUT2D eigenvalue weighted by Gasteiger charge is 2.08. The van der Waals surface area contributed by atoms with Gasteiger partial charge in [-0.05, 0) is 30.0 Å². The number of H-pyrrole nitrogens is 1. The minimum absolute atomic E-state index is 0.0985. The maximum atomic E-state index is 11.9. The molecule has 2 N–H and O–H groups in total. The van der Waals surface area contributed by atoms with Crippen LogP contribution in [0.3, 0.4) is 0 Å². The molecule has 1 aromatic heterocycles. The Kier molecular flexibility index (Phi) is 6.04. The van der Waals surface area contributed by atoms with Gasteiger partial charge in [0.05, 0.1) is 0 Å². The van der Waals surface area contributed by atoms with Gasteiger partial charge in [0.25, 0.3) is 0 Å². The molecule has 0 aliphatic rings. The Labute approximate surface area is 152 Å². The number of aromatic nitrogens is 1. The first kappa shape index (κ1) is 17.7. The number of hydrogen-bond acceptors (Lipinski definition) is 3. The van der Waals surface area contributed by atoms with Crippen LogP contribution < -0.4 is 5.32 Å². The standard InChI is InChI=1S/C21H22N2O3/c24-20(23-14-21(25)26-15-16-7-2-1-3-8-16)12-6-9-17-13-22-19-11-5-4-10-18(17)19/h1-5,7-8,10-11,13,22H,6,9,12,14-15H2,(H,23,24). The molecule has 0 spiro atoms. The van der Waals surface area contributed by atoms with E-state index in [4.69, 9.17) is 4.74 Å². The molecule has 1 amide bonds. The summed E-state index contributed by atoms with van der Waals surface area (Å²) in [5, 5.41) is 3.81. The number of benzene rings is 2. The number of hydrogen-bond donors (Lipinski definition) is 2. The minimum atomic E-state index is -0.432. The molecule has 0 fully saturated rings. The molecule has 26 heavy (non-hydrogen) atoms. The molecule has 0 bridgehead atoms. The maximum absolute atomic E-state index is 11.9. The highest BCUT2D eigenvalue weighted by molar-refractivity contribution is 5.83. The number of fused-ring (bicyclic) bond motifs is 1. The van der Waals surface area contributed by atoms with Crippen molar-refractivity contribution in [1.29, 1.82) is 0 Å². The lowest BCUT2D eigenvalue weighted by Crippen LogP contribution is -2.30. The van der Waals surface area contributed by atoms with Gasteiger partial charge in [-0.3, -0.25) is 9.59 Å². The summed E-state index contributed by atoms with van der Waals surface area (Å²) < 4.78 is 5.13. The Morgan fingerprint density at radius 2 is 1.77 bits per heavy atom. The first-order chi connectivity index (χ1) is 12.7. The van der Waals surface area contributed by atoms with E-state index in [0.717, 1.165) is 23.9 Å². The smallest absolute Gasteiger partial charge is 0.325 e. The van der Waals surface area contributed by atoms with E-state index >= 15 is 0 Å². The summed E-state index contributed by atoms with van der Waals surface area (Å²) in [5.41, 5.74) is 3.23. The number of carbonyl (C=O) groups excluding carboxylic acids is 2. The zero-order chi connectivity index (χ0) is 18.2. The highest BCUT2D eigenvalue weighted by Crippen LogP contribution is 2.19. The quantitative estimate of drug-likeness (QED) is 0.612. The van der Waals surface area contributed by atoms with Crippen molar-refractivity contribution in [2.24, 2.45) is 0 Å². The Morgan fingerprint density at radius 3 is 2.62 bits per heavy atom. The van der Waals surface area contributed by atoms with Gasteiger partial charge in [-0.15, -0.1) is 0 Å². The van der Waals surface area contributed by atoms with E-state index in [1.807, 2.05) is 54.7 Å². The van der Waals surface area contributed by atoms with Crippen molar-refractivity contribution in [2.75, 3.05) is 6.54 Å². The molecular formula is C21H22N2O3. The third kappa shape index (κ3) is 4.96. The Hall–Kier alpha value is -3.08. The summed E-state index contributed by atoms with van der Waals surface area (Å²) in [7, 11) is 0. The Balaban J connectivity index is 1.34. The van der Waals surface area contributed by atoms with Crippen LogP contribution in [0.25, 0.3) is 10.9 Å². The first-order valence-corrected chi connectivity index (χ1v) is 8.73. The average Bonchev–Trinajstić information content (AvgIpc) is 3.09. The van der Waals surface area contributed by atoms with Gasteiger partial charge in [-0.1, -0.05) is 48.5 Å². The van der Waals surface area contributed by atoms with Crippen LogP contribution in [-0.4, -0.2) is 23.4 Å². The summed E-state index contributed by atoms with van der Waals surface area (Å²) in [4.78, 5) is 26.8. The van der Waals surface area contributed by atoms with Crippen LogP contribution in [0.4, 0.5) is 0 Å². The molecule has 0 aliphatic carbocycles. The fraction of sp³-hybridized carbons (Fsp3) is 0.238. The number of esters is 1. The fourth-order valence-electron chi connectivity index (χ4n) is 2.83. The van der Waals surface area contributed by atoms with Crippen LogP contribution >= 0.6 is 0 Å². The number of para-hydroxylation sites is 1. The largest absolute Gasteiger partial charge is 0.460 e. The molecule has 0 aliphatic heterocycles. The molecule has 0 unspecified atom stereocenters. The van der Waals surface area contributed by atoms with Gasteiger partial charge in [-0.25, -0.2) is 0 Å². The van der Waals surface area contributed by atoms with Crippen LogP contribution in [0.15, 0.2) is 60.8 Å². The SMILES string of the molecule is O=C(CCCc1c[nH]c2ccccc12)NCC(=O)OCc1ccccc1. The van der Waals surface area contributed by atoms with E-state index in [1.54, 1.807) is 0 Å². The lowest BCUT2D eigenvalue weighted by molar-refractivity contribution is -0.145. The van der Waals surface area contributed by atoms with Crippen molar-refractivity contribution in [3.63, 3.8) is 0 Å². The van der Waals surface area contributed by atoms with Crippen molar-refractivity contribution in [3.05, 3.63) is 71.9 Å². The van der Waals surface area contributed by atoms with Crippen LogP contribution in [0.1, 0.15) is 24.0 Å². The lowest BCUT2D eigenvalue weighted by Gasteiger charge is -2.06. The molecule has 0 saturated heterocycles. The molecule has 3 rings (SSSR count). The third-order valence-electron chi connectivity index (χ3n) is 4.20. The molecule has 134 valence electrons. The second-order valence-corrected chi connectivity index (χ2v) is 6.14. The van der Waals surface area contributed by atoms with Gasteiger partial charge in [-0.2, -0.15) is 0 Å². The van der Waals surface area contributed by atoms with Gasteiger partial charge in [0.15, 0.2) is 0 Å². The van der Waals surface area contributed by atoms with Crippen LogP contribution in [-0.2, 0) is 27.4 Å². The van der Waals surface area contributed by atoms with Gasteiger partial charge in [0.1, 0.15) is 13.2 Å². The zero-order valence-electron chi connectivity index (χ0n) is 14.5. The number of ether oxygens (including phenoxy) is 1. The van der Waals surface area contributed by atoms with Crippen LogP contribution in [0.2, 0.25) is 0 Å². The normalized spacial score (nSPS) is 10.6. The Bertz CT molecular complexity index is 871. The molecule has 0 atom stereocenters. The maximum Gasteiger partial charge on any atom is 0.325 e. The predicted molar refractivity (Wildman–Crippen MR) is 100 cm³/mol. The van der Waals surface area contributed by atoms with E-state index < -0.39 is 5.97 Å². The second-order valence-electron chi connectivity index (χ2n) is 6.14. The molecular weight excluding hydrogens is 328 g/mol. The van der Waals surface area contributed by atoms with E-state index in [9.17, 15) is 9.59 Å². The third-order valence-corrected chi connectivity index (χ3v) is 4.20. The van der Waals surface area contributed by atoms with E-state index in [2.05, 4.69) is 16.4 Å². The molecule has 3 aromatic rings. The van der Waals surface area contributed by atoms with E-state index in [-0.39, 0.29) is 19.1 Å². The molecule has 0 saturated carbocycles. The van der Waals surface area contributed by atoms with Gasteiger partial charge >= 0.3 is 5.97 Å². The zero-order valence-corrected chi connectivity index (χ0v) is 14.5. The summed E-state index contributed by atoms with van der Waals surface area (Å²) in [5.74, 6) is -0.569. The molecule has 0 radical (unpaired) electrons. The molecule has 2 aromatic carbocycles. The van der Waals surface area contributed by atoms with Crippen molar-refractivity contribution in [1.82, 2.24) is 10.3 Å². The number of amides is 1. The predicted octanol–water partition coefficient (Wildman–Crippen LogP) is 3.35. The monoisotopic (exact) mass is 350 g/mol. The first-order valence-electron chi connectivity index (χ1n) is 8.73. The molecule has 1 heterocycles. The van der Waals surface area contributed by atoms with Crippen LogP contribution in [0.5, 0.6) is 0 Å². The van der Waals surface area contributed by atoms with Crippen LogP contribution in [0, 0.1) is 0 Å². The number of rotatable bonds is 8. The molecule has 5 nitrogen and oxygen atoms in total. The highest BCUT2D eigenvalue weighted by atomic mass is 16.5. The minimum Gasteiger partial charge on any atom is -0.460 e. The second kappa shape index (κ2) is 8.85. The number of aromatic amines is 1. The number of carbonyl (C=O) groups is 2. The van der Waals surface area contributed by atoms with Crippen molar-refractivity contribution >= 4 is 22.8 Å². The van der Waals surface area contributed by atoms with Crippen molar-refractivity contribution in [2.45, 2.75) is 25.9 Å². The summed E-state index contributed by atoms with van der Waals surface area (Å²) in [6.45, 7) is 0.120.